The van der Waals surface area contributed by atoms with Crippen LogP contribution in [-0.2, 0) is 12.7 Å². The minimum atomic E-state index is -4.82. The number of nitrogens with zero attached hydrogens (tertiary/aromatic N) is 5. The smallest absolute Gasteiger partial charge is 0.471 e. The first kappa shape index (κ1) is 20.9. The second kappa shape index (κ2) is 7.57. The highest BCUT2D eigenvalue weighted by atomic mass is 19.4. The van der Waals surface area contributed by atoms with Crippen molar-refractivity contribution in [2.75, 3.05) is 6.61 Å². The van der Waals surface area contributed by atoms with Gasteiger partial charge in [-0.1, -0.05) is 11.2 Å². The van der Waals surface area contributed by atoms with Crippen molar-refractivity contribution in [2.24, 2.45) is 0 Å². The molecule has 1 aliphatic heterocycles. The van der Waals surface area contributed by atoms with Gasteiger partial charge in [0.15, 0.2) is 0 Å². The first-order chi connectivity index (χ1) is 15.7. The SMILES string of the molecule is C[C@@H]1COc2cc(-c3noc(C(F)(F)F)n3)cc(F)c2CN1C(=O)c1cnn2ccccc12. The molecule has 0 bridgehead atoms. The third-order valence-corrected chi connectivity index (χ3v) is 5.34. The van der Waals surface area contributed by atoms with Gasteiger partial charge in [-0.25, -0.2) is 8.91 Å². The van der Waals surface area contributed by atoms with Gasteiger partial charge in [-0.05, 0) is 31.2 Å². The number of hydrogen-bond donors (Lipinski definition) is 0. The summed E-state index contributed by atoms with van der Waals surface area (Å²) >= 11 is 0. The Bertz CT molecular complexity index is 1360. The minimum Gasteiger partial charge on any atom is -0.491 e. The molecule has 0 saturated heterocycles. The summed E-state index contributed by atoms with van der Waals surface area (Å²) in [6.07, 6.45) is -1.66. The molecule has 0 radical (unpaired) electrons. The Morgan fingerprint density at radius 2 is 2.06 bits per heavy atom. The molecule has 1 atom stereocenters. The molecule has 0 saturated carbocycles. The van der Waals surface area contributed by atoms with Crippen LogP contribution >= 0.6 is 0 Å². The van der Waals surface area contributed by atoms with Crippen LogP contribution in [0.25, 0.3) is 16.9 Å². The highest BCUT2D eigenvalue weighted by Crippen LogP contribution is 2.34. The zero-order valence-corrected chi connectivity index (χ0v) is 17.0. The summed E-state index contributed by atoms with van der Waals surface area (Å²) in [6.45, 7) is 1.69. The summed E-state index contributed by atoms with van der Waals surface area (Å²) in [5, 5.41) is 7.46. The second-order valence-corrected chi connectivity index (χ2v) is 7.54. The fourth-order valence-electron chi connectivity index (χ4n) is 3.63. The van der Waals surface area contributed by atoms with Crippen molar-refractivity contribution in [3.05, 3.63) is 65.6 Å². The number of aromatic nitrogens is 4. The van der Waals surface area contributed by atoms with E-state index in [1.807, 2.05) is 0 Å². The molecular weight excluding hydrogens is 446 g/mol. The molecule has 0 N–H and O–H groups in total. The lowest BCUT2D eigenvalue weighted by atomic mass is 10.1. The van der Waals surface area contributed by atoms with Gasteiger partial charge in [0.05, 0.1) is 29.9 Å². The second-order valence-electron chi connectivity index (χ2n) is 7.54. The van der Waals surface area contributed by atoms with Crippen LogP contribution < -0.4 is 4.74 Å². The van der Waals surface area contributed by atoms with E-state index >= 15 is 4.39 Å². The number of rotatable bonds is 2. The number of halogens is 4. The van der Waals surface area contributed by atoms with Gasteiger partial charge in [0.2, 0.25) is 5.82 Å². The Labute approximate surface area is 183 Å². The van der Waals surface area contributed by atoms with Crippen LogP contribution in [0.15, 0.2) is 47.2 Å². The Kier molecular flexibility index (Phi) is 4.80. The van der Waals surface area contributed by atoms with E-state index in [0.29, 0.717) is 11.1 Å². The van der Waals surface area contributed by atoms with Crippen LogP contribution in [0, 0.1) is 5.82 Å². The largest absolute Gasteiger partial charge is 0.491 e. The zero-order chi connectivity index (χ0) is 23.3. The molecule has 8 nitrogen and oxygen atoms in total. The van der Waals surface area contributed by atoms with Gasteiger partial charge >= 0.3 is 12.1 Å². The van der Waals surface area contributed by atoms with E-state index in [1.54, 1.807) is 35.8 Å². The molecule has 3 aromatic heterocycles. The number of benzene rings is 1. The van der Waals surface area contributed by atoms with Crippen LogP contribution in [0.3, 0.4) is 0 Å². The Morgan fingerprint density at radius 3 is 2.82 bits per heavy atom. The fraction of sp³-hybridized carbons (Fsp3) is 0.238. The molecule has 0 fully saturated rings. The molecule has 0 aliphatic carbocycles. The normalized spacial score (nSPS) is 16.4. The number of carbonyl (C=O) groups is 1. The van der Waals surface area contributed by atoms with Gasteiger partial charge in [-0.15, -0.1) is 0 Å². The van der Waals surface area contributed by atoms with Gasteiger partial charge in [-0.2, -0.15) is 23.3 Å². The van der Waals surface area contributed by atoms with Crippen molar-refractivity contribution in [1.82, 2.24) is 24.7 Å². The van der Waals surface area contributed by atoms with Gasteiger partial charge < -0.3 is 14.2 Å². The van der Waals surface area contributed by atoms with E-state index in [9.17, 15) is 18.0 Å². The fourth-order valence-corrected chi connectivity index (χ4v) is 3.63. The topological polar surface area (TPSA) is 85.8 Å². The zero-order valence-electron chi connectivity index (χ0n) is 17.0. The predicted molar refractivity (Wildman–Crippen MR) is 105 cm³/mol. The Hall–Kier alpha value is -3.96. The quantitative estimate of drug-likeness (QED) is 0.420. The van der Waals surface area contributed by atoms with Gasteiger partial charge in [0.25, 0.3) is 5.91 Å². The number of ether oxygens (including phenoxy) is 1. The number of hydrogen-bond acceptors (Lipinski definition) is 6. The number of fused-ring (bicyclic) bond motifs is 2. The minimum absolute atomic E-state index is 0.0411. The van der Waals surface area contributed by atoms with Gasteiger partial charge in [0, 0.05) is 17.3 Å². The third-order valence-electron chi connectivity index (χ3n) is 5.34. The van der Waals surface area contributed by atoms with Crippen molar-refractivity contribution in [2.45, 2.75) is 25.7 Å². The average molecular weight is 461 g/mol. The number of alkyl halides is 3. The summed E-state index contributed by atoms with van der Waals surface area (Å²) in [6, 6.07) is 7.21. The van der Waals surface area contributed by atoms with E-state index in [1.165, 1.54) is 17.2 Å². The Morgan fingerprint density at radius 1 is 1.24 bits per heavy atom. The van der Waals surface area contributed by atoms with Crippen LogP contribution in [0.1, 0.15) is 28.7 Å². The molecule has 170 valence electrons. The molecular formula is C21H15F4N5O3. The first-order valence-corrected chi connectivity index (χ1v) is 9.82. The van der Waals surface area contributed by atoms with Crippen molar-refractivity contribution < 1.29 is 31.6 Å². The number of carbonyl (C=O) groups excluding carboxylic acids is 1. The maximum Gasteiger partial charge on any atom is 0.471 e. The molecule has 4 heterocycles. The van der Waals surface area contributed by atoms with E-state index < -0.39 is 29.8 Å². The molecule has 1 aliphatic rings. The molecule has 0 spiro atoms. The van der Waals surface area contributed by atoms with Crippen LogP contribution in [0.2, 0.25) is 0 Å². The van der Waals surface area contributed by atoms with Crippen LogP contribution in [0.5, 0.6) is 5.75 Å². The van der Waals surface area contributed by atoms with E-state index in [2.05, 4.69) is 19.8 Å². The van der Waals surface area contributed by atoms with Crippen molar-refractivity contribution >= 4 is 11.4 Å². The highest BCUT2D eigenvalue weighted by Gasteiger charge is 2.39. The lowest BCUT2D eigenvalue weighted by Crippen LogP contribution is -2.39. The molecule has 12 heteroatoms. The molecule has 1 amide bonds. The summed E-state index contributed by atoms with van der Waals surface area (Å²) in [7, 11) is 0. The molecule has 0 unspecified atom stereocenters. The lowest BCUT2D eigenvalue weighted by molar-refractivity contribution is -0.159. The third kappa shape index (κ3) is 3.66. The number of amides is 1. The summed E-state index contributed by atoms with van der Waals surface area (Å²) in [4.78, 5) is 18.1. The summed E-state index contributed by atoms with van der Waals surface area (Å²) < 4.78 is 64.8. The summed E-state index contributed by atoms with van der Waals surface area (Å²) in [5.41, 5.74) is 1.01. The number of pyridine rings is 1. The maximum atomic E-state index is 15.1. The lowest BCUT2D eigenvalue weighted by Gasteiger charge is -2.26. The standard InChI is InChI=1S/C21H15F4N5O3/c1-11-10-32-17-7-12(18-27-20(33-28-18)21(23,24)25)6-15(22)14(17)9-29(11)19(31)13-8-26-30-5-3-2-4-16(13)30/h2-8,11H,9-10H2,1H3/t11-/m1/s1. The first-order valence-electron chi connectivity index (χ1n) is 9.82. The van der Waals surface area contributed by atoms with Gasteiger partial charge in [-0.3, -0.25) is 4.79 Å². The molecule has 4 aromatic rings. The molecule has 1 aromatic carbocycles. The van der Waals surface area contributed by atoms with E-state index in [-0.39, 0.29) is 35.9 Å². The molecule has 5 rings (SSSR count). The predicted octanol–water partition coefficient (Wildman–Crippen LogP) is 3.97. The van der Waals surface area contributed by atoms with Crippen molar-refractivity contribution in [3.8, 4) is 17.1 Å². The van der Waals surface area contributed by atoms with Crippen LogP contribution in [-0.4, -0.2) is 43.2 Å². The Balaban J connectivity index is 1.49. The monoisotopic (exact) mass is 461 g/mol. The van der Waals surface area contributed by atoms with Crippen molar-refractivity contribution in [3.63, 3.8) is 0 Å². The van der Waals surface area contributed by atoms with Gasteiger partial charge in [0.1, 0.15) is 18.2 Å². The maximum absolute atomic E-state index is 15.1. The van der Waals surface area contributed by atoms with Crippen LogP contribution in [0.4, 0.5) is 17.6 Å². The highest BCUT2D eigenvalue weighted by molar-refractivity contribution is 6.00. The van der Waals surface area contributed by atoms with Crippen molar-refractivity contribution in [1.29, 1.82) is 0 Å². The van der Waals surface area contributed by atoms with E-state index in [0.717, 1.165) is 6.07 Å². The molecule has 33 heavy (non-hydrogen) atoms. The van der Waals surface area contributed by atoms with E-state index in [4.69, 9.17) is 4.74 Å². The summed E-state index contributed by atoms with van der Waals surface area (Å²) in [5.74, 6) is -2.99. The average Bonchev–Trinajstić information content (AvgIpc) is 3.40.